The van der Waals surface area contributed by atoms with Crippen LogP contribution in [-0.4, -0.2) is 44.1 Å². The number of nitrogens with zero attached hydrogens (tertiary/aromatic N) is 2. The van der Waals surface area contributed by atoms with Gasteiger partial charge in [-0.2, -0.15) is 5.10 Å². The van der Waals surface area contributed by atoms with E-state index in [0.717, 1.165) is 10.9 Å². The minimum absolute atomic E-state index is 0.237. The van der Waals surface area contributed by atoms with Crippen LogP contribution in [0.3, 0.4) is 0 Å². The number of rotatable bonds is 5. The van der Waals surface area contributed by atoms with E-state index in [1.165, 1.54) is 6.20 Å². The molecule has 3 N–H and O–H groups in total. The van der Waals surface area contributed by atoms with E-state index in [0.29, 0.717) is 0 Å². The Labute approximate surface area is 109 Å². The number of ether oxygens (including phenoxy) is 1. The number of pyridine rings is 1. The van der Waals surface area contributed by atoms with Crippen LogP contribution in [0.2, 0.25) is 0 Å². The smallest absolute Gasteiger partial charge is 0.308 e. The van der Waals surface area contributed by atoms with Crippen molar-refractivity contribution >= 4 is 16.9 Å². The fraction of sp³-hybridized carbons (Fsp3) is 0.417. The van der Waals surface area contributed by atoms with Crippen LogP contribution in [0.5, 0.6) is 0 Å². The van der Waals surface area contributed by atoms with Gasteiger partial charge in [0.15, 0.2) is 0 Å². The number of carbonyl (C=O) groups excluding carboxylic acids is 1. The Morgan fingerprint density at radius 3 is 3.00 bits per heavy atom. The zero-order valence-corrected chi connectivity index (χ0v) is 10.4. The van der Waals surface area contributed by atoms with E-state index >= 15 is 0 Å². The monoisotopic (exact) mass is 265 g/mol. The van der Waals surface area contributed by atoms with E-state index in [1.54, 1.807) is 19.2 Å². The Morgan fingerprint density at radius 1 is 1.47 bits per heavy atom. The second-order valence-corrected chi connectivity index (χ2v) is 4.09. The third-order valence-corrected chi connectivity index (χ3v) is 2.69. The lowest BCUT2D eigenvalue weighted by Crippen LogP contribution is -2.23. The number of aromatic nitrogens is 3. The Morgan fingerprint density at radius 2 is 2.26 bits per heavy atom. The van der Waals surface area contributed by atoms with Gasteiger partial charge < -0.3 is 14.9 Å². The first-order valence-electron chi connectivity index (χ1n) is 5.92. The van der Waals surface area contributed by atoms with Crippen molar-refractivity contribution in [1.29, 1.82) is 0 Å². The van der Waals surface area contributed by atoms with Gasteiger partial charge in [0.05, 0.1) is 42.7 Å². The first-order chi connectivity index (χ1) is 9.11. The van der Waals surface area contributed by atoms with Crippen LogP contribution in [0, 0.1) is 0 Å². The summed E-state index contributed by atoms with van der Waals surface area (Å²) in [7, 11) is 0. The molecule has 2 aromatic heterocycles. The van der Waals surface area contributed by atoms with E-state index in [9.17, 15) is 15.0 Å². The summed E-state index contributed by atoms with van der Waals surface area (Å²) < 4.78 is 4.71. The molecule has 0 radical (unpaired) electrons. The minimum atomic E-state index is -1.25. The fourth-order valence-electron chi connectivity index (χ4n) is 1.72. The van der Waals surface area contributed by atoms with Gasteiger partial charge >= 0.3 is 5.97 Å². The van der Waals surface area contributed by atoms with E-state index < -0.39 is 18.2 Å². The molecule has 102 valence electrons. The summed E-state index contributed by atoms with van der Waals surface area (Å²) in [6.45, 7) is 1.91. The molecule has 0 aliphatic heterocycles. The zero-order valence-electron chi connectivity index (χ0n) is 10.4. The van der Waals surface area contributed by atoms with E-state index in [-0.39, 0.29) is 18.7 Å². The zero-order chi connectivity index (χ0) is 13.8. The summed E-state index contributed by atoms with van der Waals surface area (Å²) >= 11 is 0. The molecule has 2 heterocycles. The van der Waals surface area contributed by atoms with Crippen LogP contribution < -0.4 is 0 Å². The van der Waals surface area contributed by atoms with E-state index in [2.05, 4.69) is 15.2 Å². The molecule has 2 unspecified atom stereocenters. The maximum Gasteiger partial charge on any atom is 0.308 e. The normalized spacial score (nSPS) is 14.3. The van der Waals surface area contributed by atoms with Crippen molar-refractivity contribution in [2.75, 3.05) is 6.61 Å². The molecule has 7 heteroatoms. The average molecular weight is 265 g/mol. The third kappa shape index (κ3) is 3.07. The van der Waals surface area contributed by atoms with Crippen molar-refractivity contribution in [3.05, 3.63) is 24.2 Å². The summed E-state index contributed by atoms with van der Waals surface area (Å²) in [5.41, 5.74) is 1.02. The Bertz CT molecular complexity index is 569. The third-order valence-electron chi connectivity index (χ3n) is 2.69. The van der Waals surface area contributed by atoms with Crippen molar-refractivity contribution in [2.24, 2.45) is 0 Å². The Kier molecular flexibility index (Phi) is 4.08. The minimum Gasteiger partial charge on any atom is -0.466 e. The quantitative estimate of drug-likeness (QED) is 0.671. The number of hydrogen-bond donors (Lipinski definition) is 3. The predicted molar refractivity (Wildman–Crippen MR) is 66.1 cm³/mol. The van der Waals surface area contributed by atoms with Crippen LogP contribution >= 0.6 is 0 Å². The Hall–Kier alpha value is -1.99. The molecule has 19 heavy (non-hydrogen) atoms. The van der Waals surface area contributed by atoms with Crippen molar-refractivity contribution in [2.45, 2.75) is 25.6 Å². The summed E-state index contributed by atoms with van der Waals surface area (Å²) in [6.07, 6.45) is 0.322. The number of esters is 1. The van der Waals surface area contributed by atoms with Gasteiger partial charge in [0, 0.05) is 5.39 Å². The van der Waals surface area contributed by atoms with Gasteiger partial charge in [0.2, 0.25) is 0 Å². The lowest BCUT2D eigenvalue weighted by Gasteiger charge is -2.16. The predicted octanol–water partition coefficient (Wildman–Crippen LogP) is 0.305. The van der Waals surface area contributed by atoms with Crippen LogP contribution in [0.15, 0.2) is 18.5 Å². The molecular formula is C12H15N3O4. The molecule has 2 rings (SSSR count). The topological polar surface area (TPSA) is 108 Å². The highest BCUT2D eigenvalue weighted by Crippen LogP contribution is 2.20. The number of aliphatic hydroxyl groups excluding tert-OH is 2. The fourth-order valence-corrected chi connectivity index (χ4v) is 1.72. The van der Waals surface area contributed by atoms with Gasteiger partial charge in [-0.15, -0.1) is 0 Å². The summed E-state index contributed by atoms with van der Waals surface area (Å²) in [5.74, 6) is -0.557. The highest BCUT2D eigenvalue weighted by Gasteiger charge is 2.23. The maximum absolute atomic E-state index is 11.2. The van der Waals surface area contributed by atoms with Crippen molar-refractivity contribution in [3.8, 4) is 0 Å². The standard InChI is InChI=1S/C12H15N3O4/c1-2-19-11(17)4-10(16)12(18)8-3-7-5-14-15-9(7)6-13-8/h3,5-6,10,12,16,18H,2,4H2,1H3,(H,14,15). The number of aromatic amines is 1. The van der Waals surface area contributed by atoms with E-state index in [1.807, 2.05) is 0 Å². The number of fused-ring (bicyclic) bond motifs is 1. The lowest BCUT2D eigenvalue weighted by atomic mass is 10.1. The first kappa shape index (κ1) is 13.4. The average Bonchev–Trinajstić information content (AvgIpc) is 2.85. The number of H-pyrrole nitrogens is 1. The summed E-state index contributed by atoms with van der Waals surface area (Å²) in [4.78, 5) is 15.3. The molecule has 2 atom stereocenters. The van der Waals surface area contributed by atoms with Gasteiger partial charge in [0.25, 0.3) is 0 Å². The van der Waals surface area contributed by atoms with Crippen molar-refractivity contribution < 1.29 is 19.7 Å². The van der Waals surface area contributed by atoms with Gasteiger partial charge in [0.1, 0.15) is 6.10 Å². The van der Waals surface area contributed by atoms with Crippen molar-refractivity contribution in [1.82, 2.24) is 15.2 Å². The van der Waals surface area contributed by atoms with E-state index in [4.69, 9.17) is 4.74 Å². The molecule has 0 aliphatic rings. The second kappa shape index (κ2) is 5.77. The number of carbonyl (C=O) groups is 1. The van der Waals surface area contributed by atoms with Crippen LogP contribution in [0.1, 0.15) is 25.1 Å². The van der Waals surface area contributed by atoms with Gasteiger partial charge in [-0.05, 0) is 13.0 Å². The molecule has 0 fully saturated rings. The summed E-state index contributed by atoms with van der Waals surface area (Å²) in [6, 6.07) is 1.61. The maximum atomic E-state index is 11.2. The van der Waals surface area contributed by atoms with Gasteiger partial charge in [-0.3, -0.25) is 14.9 Å². The molecule has 0 amide bonds. The second-order valence-electron chi connectivity index (χ2n) is 4.09. The number of hydrogen-bond acceptors (Lipinski definition) is 6. The number of aliphatic hydroxyl groups is 2. The molecule has 2 aromatic rings. The highest BCUT2D eigenvalue weighted by atomic mass is 16.5. The molecule has 0 saturated carbocycles. The molecule has 0 bridgehead atoms. The molecule has 0 aliphatic carbocycles. The lowest BCUT2D eigenvalue weighted by molar-refractivity contribution is -0.147. The van der Waals surface area contributed by atoms with Crippen LogP contribution in [0.25, 0.3) is 10.9 Å². The molecule has 0 aromatic carbocycles. The van der Waals surface area contributed by atoms with Gasteiger partial charge in [-0.1, -0.05) is 0 Å². The molecule has 0 saturated heterocycles. The summed E-state index contributed by atoms with van der Waals surface area (Å²) in [5, 5.41) is 27.1. The number of nitrogens with one attached hydrogen (secondary N) is 1. The molecular weight excluding hydrogens is 250 g/mol. The largest absolute Gasteiger partial charge is 0.466 e. The van der Waals surface area contributed by atoms with Crippen LogP contribution in [0.4, 0.5) is 0 Å². The molecule has 0 spiro atoms. The molecule has 7 nitrogen and oxygen atoms in total. The Balaban J connectivity index is 2.09. The first-order valence-corrected chi connectivity index (χ1v) is 5.92. The van der Waals surface area contributed by atoms with Crippen LogP contribution in [-0.2, 0) is 9.53 Å². The van der Waals surface area contributed by atoms with Gasteiger partial charge in [-0.25, -0.2) is 0 Å². The van der Waals surface area contributed by atoms with Crippen molar-refractivity contribution in [3.63, 3.8) is 0 Å². The SMILES string of the molecule is CCOC(=O)CC(O)C(O)c1cc2cn[nH]c2cn1. The highest BCUT2D eigenvalue weighted by molar-refractivity contribution is 5.77.